The van der Waals surface area contributed by atoms with Gasteiger partial charge in [-0.3, -0.25) is 14.8 Å². The summed E-state index contributed by atoms with van der Waals surface area (Å²) in [5, 5.41) is 8.02. The smallest absolute Gasteiger partial charge is 0.325 e. The highest BCUT2D eigenvalue weighted by Crippen LogP contribution is 2.56. The van der Waals surface area contributed by atoms with E-state index in [1.54, 1.807) is 18.3 Å². The molecule has 0 saturated heterocycles. The van der Waals surface area contributed by atoms with Crippen molar-refractivity contribution in [1.29, 1.82) is 0 Å². The van der Waals surface area contributed by atoms with E-state index in [-0.39, 0.29) is 23.2 Å². The van der Waals surface area contributed by atoms with Crippen LogP contribution in [-0.4, -0.2) is 32.3 Å². The van der Waals surface area contributed by atoms with Gasteiger partial charge >= 0.3 is 5.69 Å². The number of hydrogen-bond acceptors (Lipinski definition) is 6. The molecule has 9 heteroatoms. The molecule has 2 N–H and O–H groups in total. The van der Waals surface area contributed by atoms with Gasteiger partial charge in [0.2, 0.25) is 5.88 Å². The molecule has 0 aliphatic heterocycles. The maximum Gasteiger partial charge on any atom is 0.325 e. The number of hydrogen-bond donors (Lipinski definition) is 2. The van der Waals surface area contributed by atoms with E-state index in [0.29, 0.717) is 17.1 Å². The van der Waals surface area contributed by atoms with Gasteiger partial charge < -0.3 is 9.72 Å². The van der Waals surface area contributed by atoms with E-state index in [1.165, 1.54) is 19.5 Å². The van der Waals surface area contributed by atoms with Gasteiger partial charge in [0.15, 0.2) is 0 Å². The summed E-state index contributed by atoms with van der Waals surface area (Å²) in [5.74, 6) is -0.0365. The van der Waals surface area contributed by atoms with Gasteiger partial charge in [0.25, 0.3) is 5.56 Å². The monoisotopic (exact) mass is 355 g/mol. The molecule has 1 aliphatic rings. The molecule has 132 valence electrons. The van der Waals surface area contributed by atoms with Crippen LogP contribution < -0.4 is 16.0 Å². The van der Waals surface area contributed by atoms with E-state index in [1.807, 2.05) is 0 Å². The molecule has 1 saturated carbocycles. The van der Waals surface area contributed by atoms with E-state index in [9.17, 15) is 14.0 Å². The zero-order valence-electron chi connectivity index (χ0n) is 13.7. The lowest BCUT2D eigenvalue weighted by atomic mass is 10.0. The first-order chi connectivity index (χ1) is 12.6. The van der Waals surface area contributed by atoms with Gasteiger partial charge in [-0.1, -0.05) is 0 Å². The zero-order chi connectivity index (χ0) is 18.3. The molecular weight excluding hydrogens is 341 g/mol. The second-order valence-electron chi connectivity index (χ2n) is 6.03. The quantitative estimate of drug-likeness (QED) is 0.730. The summed E-state index contributed by atoms with van der Waals surface area (Å²) in [6, 6.07) is 3.35. The van der Waals surface area contributed by atoms with Crippen LogP contribution in [0.1, 0.15) is 29.4 Å². The van der Waals surface area contributed by atoms with E-state index in [2.05, 4.69) is 25.1 Å². The van der Waals surface area contributed by atoms with Crippen molar-refractivity contribution in [2.24, 2.45) is 0 Å². The minimum absolute atomic E-state index is 0.00190. The lowest BCUT2D eigenvalue weighted by molar-refractivity contribution is 0.386. The molecule has 1 aliphatic carbocycles. The van der Waals surface area contributed by atoms with Crippen LogP contribution in [-0.2, 0) is 0 Å². The van der Waals surface area contributed by atoms with Crippen molar-refractivity contribution in [2.45, 2.75) is 18.3 Å². The van der Waals surface area contributed by atoms with Gasteiger partial charge in [-0.25, -0.2) is 9.18 Å². The van der Waals surface area contributed by atoms with Crippen LogP contribution in [0.5, 0.6) is 5.88 Å². The number of aromatic nitrogens is 5. The fourth-order valence-electron chi connectivity index (χ4n) is 3.12. The Kier molecular flexibility index (Phi) is 3.83. The van der Waals surface area contributed by atoms with Gasteiger partial charge in [0.05, 0.1) is 18.9 Å². The fourth-order valence-corrected chi connectivity index (χ4v) is 3.12. The topological polar surface area (TPSA) is 114 Å². The van der Waals surface area contributed by atoms with Crippen LogP contribution >= 0.6 is 0 Å². The Morgan fingerprint density at radius 2 is 2.04 bits per heavy atom. The number of nitrogens with zero attached hydrogens (tertiary/aromatic N) is 3. The van der Waals surface area contributed by atoms with Crippen molar-refractivity contribution in [3.8, 4) is 17.1 Å². The Labute approximate surface area is 146 Å². The molecular formula is C17H14FN5O3. The number of H-pyrrole nitrogens is 2. The molecule has 0 spiro atoms. The SMILES string of the molecule is COc1nnc(-c2c[nH]c(=O)[nH]c2=O)cc1[C@H]1C[C@@H]1c1ccncc1F. The lowest BCUT2D eigenvalue weighted by Gasteiger charge is -2.09. The van der Waals surface area contributed by atoms with Crippen LogP contribution in [0.15, 0.2) is 40.3 Å². The number of nitrogens with one attached hydrogen (secondary N) is 2. The number of rotatable bonds is 4. The predicted molar refractivity (Wildman–Crippen MR) is 89.6 cm³/mol. The van der Waals surface area contributed by atoms with Crippen molar-refractivity contribution < 1.29 is 9.13 Å². The minimum atomic E-state index is -0.601. The zero-order valence-corrected chi connectivity index (χ0v) is 13.7. The first kappa shape index (κ1) is 16.1. The van der Waals surface area contributed by atoms with E-state index in [4.69, 9.17) is 4.74 Å². The lowest BCUT2D eigenvalue weighted by Crippen LogP contribution is -2.23. The highest BCUT2D eigenvalue weighted by molar-refractivity contribution is 5.59. The summed E-state index contributed by atoms with van der Waals surface area (Å²) in [7, 11) is 1.48. The Balaban J connectivity index is 1.74. The van der Waals surface area contributed by atoms with Crippen LogP contribution in [0.4, 0.5) is 4.39 Å². The summed E-state index contributed by atoms with van der Waals surface area (Å²) in [6.45, 7) is 0. The molecule has 3 aromatic rings. The van der Waals surface area contributed by atoms with Crippen molar-refractivity contribution in [1.82, 2.24) is 25.1 Å². The van der Waals surface area contributed by atoms with E-state index in [0.717, 1.165) is 12.0 Å². The molecule has 4 rings (SSSR count). The molecule has 26 heavy (non-hydrogen) atoms. The number of aromatic amines is 2. The van der Waals surface area contributed by atoms with Crippen LogP contribution in [0, 0.1) is 5.82 Å². The summed E-state index contributed by atoms with van der Waals surface area (Å²) in [5.41, 5.74) is 0.659. The van der Waals surface area contributed by atoms with Crippen molar-refractivity contribution >= 4 is 0 Å². The van der Waals surface area contributed by atoms with E-state index < -0.39 is 11.2 Å². The second kappa shape index (κ2) is 6.17. The first-order valence-corrected chi connectivity index (χ1v) is 7.92. The number of ether oxygens (including phenoxy) is 1. The third kappa shape index (κ3) is 2.77. The molecule has 0 amide bonds. The molecule has 2 atom stereocenters. The van der Waals surface area contributed by atoms with E-state index >= 15 is 0 Å². The average molecular weight is 355 g/mol. The number of methoxy groups -OCH3 is 1. The molecule has 0 bridgehead atoms. The van der Waals surface area contributed by atoms with Crippen LogP contribution in [0.25, 0.3) is 11.3 Å². The summed E-state index contributed by atoms with van der Waals surface area (Å²) in [6.07, 6.45) is 4.76. The molecule has 0 unspecified atom stereocenters. The Hall–Kier alpha value is -3.36. The fraction of sp³-hybridized carbons (Fsp3) is 0.235. The predicted octanol–water partition coefficient (Wildman–Crippen LogP) is 1.33. The highest BCUT2D eigenvalue weighted by Gasteiger charge is 2.43. The normalized spacial score (nSPS) is 18.5. The standard InChI is InChI=1S/C17H14FN5O3/c1-26-16-11(10-4-9(10)8-2-3-19-7-13(8)18)5-14(22-23-16)12-6-20-17(25)21-15(12)24/h2-3,5-7,9-10H,4H2,1H3,(H2,20,21,24,25)/t9-,10+/m1/s1. The van der Waals surface area contributed by atoms with Crippen LogP contribution in [0.2, 0.25) is 0 Å². The molecule has 0 radical (unpaired) electrons. The molecule has 0 aromatic carbocycles. The molecule has 3 heterocycles. The van der Waals surface area contributed by atoms with Crippen LogP contribution in [0.3, 0.4) is 0 Å². The van der Waals surface area contributed by atoms with Crippen molar-refractivity contribution in [3.05, 3.63) is 68.5 Å². The number of halogens is 1. The Morgan fingerprint density at radius 1 is 1.23 bits per heavy atom. The summed E-state index contributed by atoms with van der Waals surface area (Å²) < 4.78 is 19.3. The first-order valence-electron chi connectivity index (χ1n) is 7.92. The van der Waals surface area contributed by atoms with Gasteiger partial charge in [-0.05, 0) is 36.0 Å². The highest BCUT2D eigenvalue weighted by atomic mass is 19.1. The maximum absolute atomic E-state index is 14.0. The van der Waals surface area contributed by atoms with Crippen molar-refractivity contribution in [2.75, 3.05) is 7.11 Å². The third-order valence-corrected chi connectivity index (χ3v) is 4.47. The largest absolute Gasteiger partial charge is 0.480 e. The Morgan fingerprint density at radius 3 is 2.77 bits per heavy atom. The summed E-state index contributed by atoms with van der Waals surface area (Å²) in [4.78, 5) is 31.5. The molecule has 3 aromatic heterocycles. The van der Waals surface area contributed by atoms with Gasteiger partial charge in [-0.2, -0.15) is 0 Å². The minimum Gasteiger partial charge on any atom is -0.480 e. The maximum atomic E-state index is 14.0. The van der Waals surface area contributed by atoms with Crippen molar-refractivity contribution in [3.63, 3.8) is 0 Å². The Bertz CT molecular complexity index is 1090. The third-order valence-electron chi connectivity index (χ3n) is 4.47. The average Bonchev–Trinajstić information content (AvgIpc) is 3.42. The molecule has 8 nitrogen and oxygen atoms in total. The van der Waals surface area contributed by atoms with Gasteiger partial charge in [-0.15, -0.1) is 10.2 Å². The molecule has 1 fully saturated rings. The van der Waals surface area contributed by atoms with Gasteiger partial charge in [0, 0.05) is 18.0 Å². The number of pyridine rings is 1. The van der Waals surface area contributed by atoms with Gasteiger partial charge in [0.1, 0.15) is 11.5 Å². The summed E-state index contributed by atoms with van der Waals surface area (Å²) >= 11 is 0. The second-order valence-corrected chi connectivity index (χ2v) is 6.03.